The molecule has 170 valence electrons. The normalized spacial score (nSPS) is 20.2. The maximum Gasteiger partial charge on any atom is 0.237 e. The van der Waals surface area contributed by atoms with E-state index in [9.17, 15) is 9.90 Å². The summed E-state index contributed by atoms with van der Waals surface area (Å²) in [7, 11) is 0. The number of nitrogens with two attached hydrogens (primary N) is 1. The van der Waals surface area contributed by atoms with E-state index in [4.69, 9.17) is 5.73 Å². The van der Waals surface area contributed by atoms with E-state index in [-0.39, 0.29) is 17.9 Å². The van der Waals surface area contributed by atoms with Crippen molar-refractivity contribution < 1.29 is 9.90 Å². The quantitative estimate of drug-likeness (QED) is 0.286. The van der Waals surface area contributed by atoms with Crippen molar-refractivity contribution in [3.8, 4) is 5.69 Å². The first kappa shape index (κ1) is 22.1. The highest BCUT2D eigenvalue weighted by Gasteiger charge is 2.34. The summed E-state index contributed by atoms with van der Waals surface area (Å²) in [6.45, 7) is 0.464. The first-order valence-electron chi connectivity index (χ1n) is 10.9. The number of benzene rings is 1. The number of H-pyrrole nitrogens is 1. The molecule has 0 aliphatic heterocycles. The zero-order chi connectivity index (χ0) is 22.3. The van der Waals surface area contributed by atoms with E-state index in [0.29, 0.717) is 30.8 Å². The summed E-state index contributed by atoms with van der Waals surface area (Å²) in [6.07, 6.45) is 6.40. The molecule has 32 heavy (non-hydrogen) atoms. The number of nitrogens with zero attached hydrogens (tertiary/aromatic N) is 5. The Morgan fingerprint density at radius 3 is 3.00 bits per heavy atom. The molecule has 4 atom stereocenters. The van der Waals surface area contributed by atoms with Crippen LogP contribution in [0, 0.1) is 0 Å². The van der Waals surface area contributed by atoms with Crippen molar-refractivity contribution in [1.82, 2.24) is 41.0 Å². The number of hydrogen-bond donors (Lipinski definition) is 5. The van der Waals surface area contributed by atoms with Crippen LogP contribution in [0.25, 0.3) is 5.69 Å². The van der Waals surface area contributed by atoms with Gasteiger partial charge in [-0.1, -0.05) is 23.8 Å². The Balaban J connectivity index is 1.43. The maximum atomic E-state index is 13.1. The third kappa shape index (κ3) is 5.18. The molecule has 2 aromatic heterocycles. The van der Waals surface area contributed by atoms with Gasteiger partial charge in [0.15, 0.2) is 5.82 Å². The van der Waals surface area contributed by atoms with E-state index in [1.165, 1.54) is 0 Å². The van der Waals surface area contributed by atoms with E-state index in [1.54, 1.807) is 10.9 Å². The van der Waals surface area contributed by atoms with Gasteiger partial charge in [0.1, 0.15) is 6.23 Å². The molecular weight excluding hydrogens is 410 g/mol. The Kier molecular flexibility index (Phi) is 7.20. The van der Waals surface area contributed by atoms with Gasteiger partial charge in [-0.15, -0.1) is 10.2 Å². The van der Waals surface area contributed by atoms with Gasteiger partial charge in [-0.25, -0.2) is 4.68 Å². The van der Waals surface area contributed by atoms with Crippen LogP contribution in [0.2, 0.25) is 0 Å². The fraction of sp³-hybridized carbons (Fsp3) is 0.476. The second kappa shape index (κ2) is 10.4. The van der Waals surface area contributed by atoms with E-state index >= 15 is 0 Å². The van der Waals surface area contributed by atoms with Gasteiger partial charge in [0.2, 0.25) is 5.91 Å². The Hall–Kier alpha value is -3.15. The molecule has 1 saturated carbocycles. The molecule has 1 amide bonds. The van der Waals surface area contributed by atoms with Crippen molar-refractivity contribution in [3.63, 3.8) is 0 Å². The summed E-state index contributed by atoms with van der Waals surface area (Å²) in [5.41, 5.74) is 7.16. The molecule has 0 bridgehead atoms. The first-order valence-corrected chi connectivity index (χ1v) is 10.9. The van der Waals surface area contributed by atoms with Crippen molar-refractivity contribution in [2.45, 2.75) is 56.3 Å². The van der Waals surface area contributed by atoms with Crippen LogP contribution >= 0.6 is 0 Å². The number of carbonyl (C=O) groups is 1. The van der Waals surface area contributed by atoms with E-state index in [0.717, 1.165) is 24.9 Å². The zero-order valence-electron chi connectivity index (χ0n) is 17.8. The number of aliphatic hydroxyl groups is 1. The van der Waals surface area contributed by atoms with Crippen LogP contribution in [0.1, 0.15) is 55.6 Å². The van der Waals surface area contributed by atoms with Crippen LogP contribution in [0.3, 0.4) is 0 Å². The van der Waals surface area contributed by atoms with Crippen LogP contribution in [0.5, 0.6) is 0 Å². The minimum absolute atomic E-state index is 0.0311. The fourth-order valence-electron chi connectivity index (χ4n) is 4.21. The van der Waals surface area contributed by atoms with Crippen LogP contribution in [-0.4, -0.2) is 60.0 Å². The molecule has 3 aromatic rings. The lowest BCUT2D eigenvalue weighted by molar-refractivity contribution is -0.125. The molecule has 1 unspecified atom stereocenters. The topological polar surface area (TPSA) is 160 Å². The molecule has 1 aromatic carbocycles. The molecule has 1 aliphatic carbocycles. The number of hydrogen-bond acceptors (Lipinski definition) is 8. The lowest BCUT2D eigenvalue weighted by atomic mass is 10.0. The zero-order valence-corrected chi connectivity index (χ0v) is 17.8. The minimum atomic E-state index is -1.02. The number of aromatic amines is 1. The number of carbonyl (C=O) groups excluding carboxylic acids is 1. The van der Waals surface area contributed by atoms with Gasteiger partial charge in [0, 0.05) is 24.4 Å². The molecule has 0 radical (unpaired) electrons. The SMILES string of the molecule is NCCC[C@H](NC(O)c1cccc(-n2cccn2)c1)C(=O)N[C@H]1CCC[C@H]1c1nn[nH]n1. The van der Waals surface area contributed by atoms with Crippen molar-refractivity contribution in [2.24, 2.45) is 5.73 Å². The number of aromatic nitrogens is 6. The molecule has 6 N–H and O–H groups in total. The summed E-state index contributed by atoms with van der Waals surface area (Å²) in [5.74, 6) is 0.486. The molecule has 0 spiro atoms. The lowest BCUT2D eigenvalue weighted by Gasteiger charge is -2.26. The van der Waals surface area contributed by atoms with E-state index < -0.39 is 12.3 Å². The first-order chi connectivity index (χ1) is 15.7. The fourth-order valence-corrected chi connectivity index (χ4v) is 4.21. The summed E-state index contributed by atoms with van der Waals surface area (Å²) >= 11 is 0. The Bertz CT molecular complexity index is 977. The highest BCUT2D eigenvalue weighted by molar-refractivity contribution is 5.82. The average molecular weight is 440 g/mol. The highest BCUT2D eigenvalue weighted by Crippen LogP contribution is 2.32. The van der Waals surface area contributed by atoms with Crippen molar-refractivity contribution in [2.75, 3.05) is 6.54 Å². The van der Waals surface area contributed by atoms with Crippen LogP contribution < -0.4 is 16.4 Å². The Morgan fingerprint density at radius 2 is 2.25 bits per heavy atom. The summed E-state index contributed by atoms with van der Waals surface area (Å²) in [5, 5.41) is 35.6. The largest absolute Gasteiger partial charge is 0.374 e. The van der Waals surface area contributed by atoms with Gasteiger partial charge in [0.05, 0.1) is 11.7 Å². The smallest absolute Gasteiger partial charge is 0.237 e. The number of aliphatic hydroxyl groups excluding tert-OH is 1. The lowest BCUT2D eigenvalue weighted by Crippen LogP contribution is -2.49. The second-order valence-electron chi connectivity index (χ2n) is 8.02. The van der Waals surface area contributed by atoms with Crippen molar-refractivity contribution in [3.05, 3.63) is 54.1 Å². The maximum absolute atomic E-state index is 13.1. The number of tetrazole rings is 1. The third-order valence-electron chi connectivity index (χ3n) is 5.86. The molecule has 2 heterocycles. The predicted octanol–water partition coefficient (Wildman–Crippen LogP) is 0.526. The summed E-state index contributed by atoms with van der Waals surface area (Å²) in [6, 6.07) is 8.58. The third-order valence-corrected chi connectivity index (χ3v) is 5.86. The molecule has 1 aliphatic rings. The number of rotatable bonds is 10. The van der Waals surface area contributed by atoms with Gasteiger partial charge < -0.3 is 16.2 Å². The van der Waals surface area contributed by atoms with E-state index in [1.807, 2.05) is 36.5 Å². The number of nitrogens with one attached hydrogen (secondary N) is 3. The molecule has 0 saturated heterocycles. The van der Waals surface area contributed by atoms with Crippen LogP contribution in [0.4, 0.5) is 0 Å². The summed E-state index contributed by atoms with van der Waals surface area (Å²) in [4.78, 5) is 13.1. The number of amides is 1. The van der Waals surface area contributed by atoms with E-state index in [2.05, 4.69) is 36.4 Å². The molecule has 11 nitrogen and oxygen atoms in total. The van der Waals surface area contributed by atoms with Gasteiger partial charge in [-0.05, 0) is 56.0 Å². The van der Waals surface area contributed by atoms with Crippen molar-refractivity contribution >= 4 is 5.91 Å². The van der Waals surface area contributed by atoms with Gasteiger partial charge >= 0.3 is 0 Å². The van der Waals surface area contributed by atoms with Crippen molar-refractivity contribution in [1.29, 1.82) is 0 Å². The molecular formula is C21H29N9O2. The highest BCUT2D eigenvalue weighted by atomic mass is 16.3. The van der Waals surface area contributed by atoms with Gasteiger partial charge in [-0.2, -0.15) is 10.3 Å². The Morgan fingerprint density at radius 1 is 1.34 bits per heavy atom. The standard InChI is InChI=1S/C21H29N9O2/c22-10-3-9-18(21(32)24-17-8-2-7-16(17)19-26-28-29-27-19)25-20(31)14-5-1-6-15(13-14)30-12-4-11-23-30/h1,4-6,11-13,16-18,20,25,31H,2-3,7-10,22H2,(H,24,32)(H,26,27,28,29)/t16-,17+,18+,20?/m1/s1. The predicted molar refractivity (Wildman–Crippen MR) is 116 cm³/mol. The van der Waals surface area contributed by atoms with Gasteiger partial charge in [-0.3, -0.25) is 10.1 Å². The molecule has 11 heteroatoms. The van der Waals surface area contributed by atoms with Crippen LogP contribution in [-0.2, 0) is 4.79 Å². The average Bonchev–Trinajstić information content (AvgIpc) is 3.58. The molecule has 1 fully saturated rings. The summed E-state index contributed by atoms with van der Waals surface area (Å²) < 4.78 is 1.72. The van der Waals surface area contributed by atoms with Crippen LogP contribution in [0.15, 0.2) is 42.7 Å². The van der Waals surface area contributed by atoms with Gasteiger partial charge in [0.25, 0.3) is 0 Å². The Labute approximate surface area is 185 Å². The second-order valence-corrected chi connectivity index (χ2v) is 8.02. The monoisotopic (exact) mass is 439 g/mol. The minimum Gasteiger partial charge on any atom is -0.374 e. The molecule has 4 rings (SSSR count).